The minimum Gasteiger partial charge on any atom is -0.481 e. The lowest BCUT2D eigenvalue weighted by atomic mass is 9.82. The molecule has 2 aliphatic rings. The van der Waals surface area contributed by atoms with Gasteiger partial charge in [0.1, 0.15) is 0 Å². The van der Waals surface area contributed by atoms with Crippen molar-refractivity contribution in [1.82, 2.24) is 9.97 Å². The van der Waals surface area contributed by atoms with Gasteiger partial charge in [0.25, 0.3) is 0 Å². The molecule has 0 aliphatic heterocycles. The van der Waals surface area contributed by atoms with Crippen molar-refractivity contribution in [3.05, 3.63) is 60.2 Å². The van der Waals surface area contributed by atoms with Crippen molar-refractivity contribution in [2.45, 2.75) is 51.4 Å². The van der Waals surface area contributed by atoms with E-state index in [9.17, 15) is 9.59 Å². The predicted octanol–water partition coefficient (Wildman–Crippen LogP) is 4.78. The van der Waals surface area contributed by atoms with Crippen molar-refractivity contribution in [2.24, 2.45) is 33.7 Å². The quantitative estimate of drug-likeness (QED) is 0.511. The number of rotatable bonds is 8. The van der Waals surface area contributed by atoms with Gasteiger partial charge in [0, 0.05) is 61.4 Å². The van der Waals surface area contributed by atoms with Gasteiger partial charge < -0.3 is 10.2 Å². The minimum absolute atomic E-state index is 0.136. The monoisotopic (exact) mass is 492 g/mol. The molecule has 192 valence electrons. The third-order valence-electron chi connectivity index (χ3n) is 6.97. The summed E-state index contributed by atoms with van der Waals surface area (Å²) in [5.74, 6) is -0.492. The fourth-order valence-corrected chi connectivity index (χ4v) is 4.70. The number of carboxylic acids is 2. The number of nitrogens with zero attached hydrogens (tertiary/aromatic N) is 4. The lowest BCUT2D eigenvalue weighted by molar-refractivity contribution is -0.144. The van der Waals surface area contributed by atoms with Crippen LogP contribution in [0, 0.1) is 23.7 Å². The summed E-state index contributed by atoms with van der Waals surface area (Å²) in [6.45, 7) is 1.59. The fraction of sp³-hybridized carbons (Fsp3) is 0.500. The second kappa shape index (κ2) is 14.9. The average Bonchev–Trinajstić information content (AvgIpc) is 2.91. The average molecular weight is 493 g/mol. The second-order valence-corrected chi connectivity index (χ2v) is 9.67. The second-order valence-electron chi connectivity index (χ2n) is 9.67. The Morgan fingerprint density at radius 1 is 0.722 bits per heavy atom. The summed E-state index contributed by atoms with van der Waals surface area (Å²) in [4.78, 5) is 38.5. The smallest absolute Gasteiger partial charge is 0.306 e. The van der Waals surface area contributed by atoms with E-state index < -0.39 is 11.9 Å². The number of pyridine rings is 2. The molecule has 0 radical (unpaired) electrons. The molecule has 8 nitrogen and oxygen atoms in total. The molecule has 2 aromatic heterocycles. The van der Waals surface area contributed by atoms with Crippen LogP contribution >= 0.6 is 0 Å². The molecule has 0 aromatic carbocycles. The first-order valence-corrected chi connectivity index (χ1v) is 12.8. The highest BCUT2D eigenvalue weighted by Crippen LogP contribution is 2.29. The number of hydrogen-bond acceptors (Lipinski definition) is 6. The van der Waals surface area contributed by atoms with Gasteiger partial charge in [-0.1, -0.05) is 12.1 Å². The summed E-state index contributed by atoms with van der Waals surface area (Å²) in [5, 5.41) is 17.8. The SMILES string of the molecule is O=C(O)C1CCC(CN=Cc2cccnc2)CC1.O=C(O)C1CCC(CN=Cc2cccnc2)CC1. The highest BCUT2D eigenvalue weighted by atomic mass is 16.4. The number of hydrogen-bond donors (Lipinski definition) is 2. The Labute approximate surface area is 212 Å². The van der Waals surface area contributed by atoms with Gasteiger partial charge in [-0.15, -0.1) is 0 Å². The van der Waals surface area contributed by atoms with Crippen LogP contribution in [0.15, 0.2) is 59.0 Å². The maximum absolute atomic E-state index is 10.8. The van der Waals surface area contributed by atoms with Gasteiger partial charge in [-0.05, 0) is 75.3 Å². The summed E-state index contributed by atoms with van der Waals surface area (Å²) in [6.07, 6.45) is 17.8. The molecule has 8 heteroatoms. The molecular formula is C28H36N4O4. The van der Waals surface area contributed by atoms with E-state index in [1.165, 1.54) is 0 Å². The van der Waals surface area contributed by atoms with E-state index in [0.29, 0.717) is 11.8 Å². The summed E-state index contributed by atoms with van der Waals surface area (Å²) in [5.41, 5.74) is 2.02. The summed E-state index contributed by atoms with van der Waals surface area (Å²) < 4.78 is 0. The van der Waals surface area contributed by atoms with E-state index in [2.05, 4.69) is 20.0 Å². The summed E-state index contributed by atoms with van der Waals surface area (Å²) in [7, 11) is 0. The molecule has 0 spiro atoms. The minimum atomic E-state index is -0.646. The van der Waals surface area contributed by atoms with E-state index in [1.807, 2.05) is 36.7 Å². The van der Waals surface area contributed by atoms with Gasteiger partial charge in [0.15, 0.2) is 0 Å². The third kappa shape index (κ3) is 9.68. The van der Waals surface area contributed by atoms with Gasteiger partial charge in [-0.2, -0.15) is 0 Å². The van der Waals surface area contributed by atoms with Crippen LogP contribution < -0.4 is 0 Å². The largest absolute Gasteiger partial charge is 0.481 e. The number of carbonyl (C=O) groups is 2. The molecule has 4 rings (SSSR count). The Morgan fingerprint density at radius 3 is 1.42 bits per heavy atom. The first-order chi connectivity index (χ1) is 17.5. The molecule has 36 heavy (non-hydrogen) atoms. The van der Waals surface area contributed by atoms with Crippen LogP contribution in [0.1, 0.15) is 62.5 Å². The molecule has 0 amide bonds. The Hall–Kier alpha value is -3.42. The van der Waals surface area contributed by atoms with Crippen LogP contribution in [0.3, 0.4) is 0 Å². The zero-order valence-corrected chi connectivity index (χ0v) is 20.7. The number of aliphatic imine (C=N–C) groups is 2. The van der Waals surface area contributed by atoms with E-state index >= 15 is 0 Å². The van der Waals surface area contributed by atoms with Crippen LogP contribution in [-0.2, 0) is 9.59 Å². The van der Waals surface area contributed by atoms with Crippen LogP contribution in [0.5, 0.6) is 0 Å². The normalized spacial score (nSPS) is 24.2. The van der Waals surface area contributed by atoms with E-state index in [4.69, 9.17) is 10.2 Å². The number of aromatic nitrogens is 2. The zero-order chi connectivity index (χ0) is 25.6. The highest BCUT2D eigenvalue weighted by Gasteiger charge is 2.26. The third-order valence-corrected chi connectivity index (χ3v) is 6.97. The van der Waals surface area contributed by atoms with Crippen molar-refractivity contribution in [1.29, 1.82) is 0 Å². The molecule has 2 fully saturated rings. The van der Waals surface area contributed by atoms with Crippen molar-refractivity contribution in [3.63, 3.8) is 0 Å². The number of carboxylic acid groups (broad SMARTS) is 2. The molecule has 2 aliphatic carbocycles. The lowest BCUT2D eigenvalue weighted by Crippen LogP contribution is -2.22. The molecule has 0 saturated heterocycles. The predicted molar refractivity (Wildman–Crippen MR) is 140 cm³/mol. The van der Waals surface area contributed by atoms with E-state index in [0.717, 1.165) is 75.6 Å². The number of aliphatic carboxylic acids is 2. The first-order valence-electron chi connectivity index (χ1n) is 12.8. The van der Waals surface area contributed by atoms with Gasteiger partial charge >= 0.3 is 11.9 Å². The Balaban J connectivity index is 0.000000201. The molecule has 2 saturated carbocycles. The van der Waals surface area contributed by atoms with Crippen molar-refractivity contribution < 1.29 is 19.8 Å². The standard InChI is InChI=1S/2C14H18N2O2/c2*17-14(18)13-5-3-11(4-6-13)8-16-10-12-2-1-7-15-9-12/h2*1-2,7,9-11,13H,3-6,8H2,(H,17,18). The highest BCUT2D eigenvalue weighted by molar-refractivity contribution is 5.79. The Kier molecular flexibility index (Phi) is 11.2. The first kappa shape index (κ1) is 27.2. The Morgan fingerprint density at radius 2 is 1.11 bits per heavy atom. The lowest BCUT2D eigenvalue weighted by Gasteiger charge is -2.24. The molecule has 2 aromatic rings. The molecular weight excluding hydrogens is 456 g/mol. The van der Waals surface area contributed by atoms with E-state index in [-0.39, 0.29) is 11.8 Å². The molecule has 2 N–H and O–H groups in total. The van der Waals surface area contributed by atoms with Crippen LogP contribution in [0.4, 0.5) is 0 Å². The summed E-state index contributed by atoms with van der Waals surface area (Å²) in [6, 6.07) is 7.72. The Bertz CT molecular complexity index is 900. The van der Waals surface area contributed by atoms with Crippen molar-refractivity contribution in [3.8, 4) is 0 Å². The van der Waals surface area contributed by atoms with Crippen LogP contribution in [0.25, 0.3) is 0 Å². The topological polar surface area (TPSA) is 125 Å². The molecule has 0 bridgehead atoms. The maximum Gasteiger partial charge on any atom is 0.306 e. The van der Waals surface area contributed by atoms with Crippen LogP contribution in [-0.4, -0.2) is 57.6 Å². The fourth-order valence-electron chi connectivity index (χ4n) is 4.70. The summed E-state index contributed by atoms with van der Waals surface area (Å²) >= 11 is 0. The maximum atomic E-state index is 10.8. The molecule has 0 atom stereocenters. The van der Waals surface area contributed by atoms with Gasteiger partial charge in [0.2, 0.25) is 0 Å². The van der Waals surface area contributed by atoms with Gasteiger partial charge in [-0.3, -0.25) is 29.5 Å². The van der Waals surface area contributed by atoms with Gasteiger partial charge in [-0.25, -0.2) is 0 Å². The van der Waals surface area contributed by atoms with Crippen molar-refractivity contribution in [2.75, 3.05) is 13.1 Å². The molecule has 0 unspecified atom stereocenters. The zero-order valence-electron chi connectivity index (χ0n) is 20.7. The van der Waals surface area contributed by atoms with Crippen LogP contribution in [0.2, 0.25) is 0 Å². The molecule has 2 heterocycles. The van der Waals surface area contributed by atoms with E-state index in [1.54, 1.807) is 24.8 Å². The van der Waals surface area contributed by atoms with Crippen molar-refractivity contribution >= 4 is 24.4 Å². The van der Waals surface area contributed by atoms with Gasteiger partial charge in [0.05, 0.1) is 11.8 Å².